The third-order valence-corrected chi connectivity index (χ3v) is 3.93. The molecular formula is C22H19N3O5. The third-order valence-electron chi connectivity index (χ3n) is 3.93. The van der Waals surface area contributed by atoms with Crippen LogP contribution in [0.3, 0.4) is 0 Å². The van der Waals surface area contributed by atoms with Crippen molar-refractivity contribution >= 4 is 17.7 Å². The van der Waals surface area contributed by atoms with Crippen LogP contribution in [0.15, 0.2) is 78.9 Å². The molecule has 4 N–H and O–H groups in total. The molecule has 0 aliphatic rings. The molecule has 0 bridgehead atoms. The van der Waals surface area contributed by atoms with Gasteiger partial charge in [0.2, 0.25) is 0 Å². The van der Waals surface area contributed by atoms with Gasteiger partial charge in [-0.1, -0.05) is 24.3 Å². The first-order valence-corrected chi connectivity index (χ1v) is 9.00. The largest absolute Gasteiger partial charge is 0.508 e. The summed E-state index contributed by atoms with van der Waals surface area (Å²) in [6, 6.07) is 21.4. The maximum absolute atomic E-state index is 12.2. The lowest BCUT2D eigenvalue weighted by molar-refractivity contribution is -0.120. The molecule has 0 radical (unpaired) electrons. The van der Waals surface area contributed by atoms with E-state index < -0.39 is 17.7 Å². The number of carbonyl (C=O) groups is 3. The van der Waals surface area contributed by atoms with Gasteiger partial charge in [0.05, 0.1) is 6.54 Å². The first-order valence-electron chi connectivity index (χ1n) is 9.00. The van der Waals surface area contributed by atoms with Gasteiger partial charge in [-0.2, -0.15) is 0 Å². The maximum atomic E-state index is 12.2. The van der Waals surface area contributed by atoms with Crippen LogP contribution in [0.25, 0.3) is 0 Å². The zero-order valence-electron chi connectivity index (χ0n) is 15.8. The van der Waals surface area contributed by atoms with E-state index in [-0.39, 0.29) is 17.9 Å². The molecular weight excluding hydrogens is 386 g/mol. The van der Waals surface area contributed by atoms with Crippen LogP contribution >= 0.6 is 0 Å². The SMILES string of the molecule is O=C(CNC(=O)c1ccc(Oc2ccccc2)cc1)NNC(=O)c1cccc(O)c1. The number of phenols is 1. The number of nitrogens with one attached hydrogen (secondary N) is 3. The highest BCUT2D eigenvalue weighted by atomic mass is 16.5. The predicted octanol–water partition coefficient (Wildman–Crippen LogP) is 2.38. The summed E-state index contributed by atoms with van der Waals surface area (Å²) >= 11 is 0. The average molecular weight is 405 g/mol. The minimum atomic E-state index is -0.610. The van der Waals surface area contributed by atoms with Crippen molar-refractivity contribution in [2.75, 3.05) is 6.54 Å². The number of aromatic hydroxyl groups is 1. The summed E-state index contributed by atoms with van der Waals surface area (Å²) in [6.45, 7) is -0.332. The molecule has 3 rings (SSSR count). The van der Waals surface area contributed by atoms with Crippen molar-refractivity contribution in [3.63, 3.8) is 0 Å². The minimum absolute atomic E-state index is 0.0681. The Hall–Kier alpha value is -4.33. The highest BCUT2D eigenvalue weighted by molar-refractivity contribution is 5.98. The fourth-order valence-corrected chi connectivity index (χ4v) is 2.45. The summed E-state index contributed by atoms with van der Waals surface area (Å²) in [5.74, 6) is -0.470. The van der Waals surface area contributed by atoms with Gasteiger partial charge in [-0.3, -0.25) is 25.2 Å². The Balaban J connectivity index is 1.44. The number of benzene rings is 3. The van der Waals surface area contributed by atoms with Gasteiger partial charge in [0.25, 0.3) is 17.7 Å². The van der Waals surface area contributed by atoms with E-state index in [0.29, 0.717) is 17.1 Å². The zero-order valence-corrected chi connectivity index (χ0v) is 15.8. The maximum Gasteiger partial charge on any atom is 0.269 e. The van der Waals surface area contributed by atoms with E-state index in [1.165, 1.54) is 24.3 Å². The molecule has 8 heteroatoms. The molecule has 0 saturated heterocycles. The molecule has 0 fully saturated rings. The molecule has 0 aliphatic carbocycles. The van der Waals surface area contributed by atoms with Gasteiger partial charge in [0, 0.05) is 11.1 Å². The van der Waals surface area contributed by atoms with Crippen molar-refractivity contribution in [1.82, 2.24) is 16.2 Å². The summed E-state index contributed by atoms with van der Waals surface area (Å²) in [6.07, 6.45) is 0. The molecule has 0 unspecified atom stereocenters. The Morgan fingerprint density at radius 1 is 0.733 bits per heavy atom. The van der Waals surface area contributed by atoms with Gasteiger partial charge in [0.1, 0.15) is 17.2 Å². The third kappa shape index (κ3) is 5.83. The number of hydrogen-bond acceptors (Lipinski definition) is 5. The van der Waals surface area contributed by atoms with Crippen molar-refractivity contribution < 1.29 is 24.2 Å². The Bertz CT molecular complexity index is 1040. The summed E-state index contributed by atoms with van der Waals surface area (Å²) in [4.78, 5) is 35.9. The smallest absolute Gasteiger partial charge is 0.269 e. The van der Waals surface area contributed by atoms with Crippen LogP contribution in [0.2, 0.25) is 0 Å². The van der Waals surface area contributed by atoms with Crippen LogP contribution in [0.5, 0.6) is 17.2 Å². The van der Waals surface area contributed by atoms with Crippen molar-refractivity contribution in [3.05, 3.63) is 90.0 Å². The fraction of sp³-hybridized carbons (Fsp3) is 0.0455. The summed E-state index contributed by atoms with van der Waals surface area (Å²) in [7, 11) is 0. The lowest BCUT2D eigenvalue weighted by Gasteiger charge is -2.09. The van der Waals surface area contributed by atoms with Gasteiger partial charge in [-0.05, 0) is 54.6 Å². The summed E-state index contributed by atoms with van der Waals surface area (Å²) in [5, 5.41) is 11.8. The van der Waals surface area contributed by atoms with E-state index in [4.69, 9.17) is 4.74 Å². The standard InChI is InChI=1S/C22H19N3O5/c26-17-6-4-5-16(13-17)22(29)25-24-20(27)14-23-21(28)15-9-11-19(12-10-15)30-18-7-2-1-3-8-18/h1-13,26H,14H2,(H,23,28)(H,24,27)(H,25,29). The van der Waals surface area contributed by atoms with Gasteiger partial charge < -0.3 is 15.2 Å². The monoisotopic (exact) mass is 405 g/mol. The van der Waals surface area contributed by atoms with Crippen LogP contribution in [-0.4, -0.2) is 29.4 Å². The van der Waals surface area contributed by atoms with Crippen molar-refractivity contribution in [3.8, 4) is 17.2 Å². The molecule has 0 spiro atoms. The van der Waals surface area contributed by atoms with Crippen LogP contribution < -0.4 is 20.9 Å². The summed E-state index contributed by atoms with van der Waals surface area (Å²) in [5.41, 5.74) is 4.92. The number of phenolic OH excluding ortho intramolecular Hbond substituents is 1. The summed E-state index contributed by atoms with van der Waals surface area (Å²) < 4.78 is 5.66. The van der Waals surface area contributed by atoms with Gasteiger partial charge in [0.15, 0.2) is 0 Å². The number of hydrazine groups is 1. The van der Waals surface area contributed by atoms with Gasteiger partial charge in [-0.25, -0.2) is 0 Å². The van der Waals surface area contributed by atoms with E-state index in [2.05, 4.69) is 16.2 Å². The van der Waals surface area contributed by atoms with E-state index >= 15 is 0 Å². The van der Waals surface area contributed by atoms with Crippen molar-refractivity contribution in [2.24, 2.45) is 0 Å². The van der Waals surface area contributed by atoms with Crippen LogP contribution in [0, 0.1) is 0 Å². The highest BCUT2D eigenvalue weighted by Gasteiger charge is 2.10. The van der Waals surface area contributed by atoms with Crippen LogP contribution in [-0.2, 0) is 4.79 Å². The molecule has 152 valence electrons. The highest BCUT2D eigenvalue weighted by Crippen LogP contribution is 2.21. The molecule has 0 heterocycles. The average Bonchev–Trinajstić information content (AvgIpc) is 2.77. The predicted molar refractivity (Wildman–Crippen MR) is 109 cm³/mol. The van der Waals surface area contributed by atoms with E-state index in [0.717, 1.165) is 0 Å². The second kappa shape index (κ2) is 9.74. The first kappa shape index (κ1) is 20.4. The molecule has 3 aromatic carbocycles. The fourth-order valence-electron chi connectivity index (χ4n) is 2.45. The number of rotatable bonds is 6. The minimum Gasteiger partial charge on any atom is -0.508 e. The number of carbonyl (C=O) groups excluding carboxylic acids is 3. The lowest BCUT2D eigenvalue weighted by atomic mass is 10.2. The lowest BCUT2D eigenvalue weighted by Crippen LogP contribution is -2.46. The van der Waals surface area contributed by atoms with Crippen LogP contribution in [0.4, 0.5) is 0 Å². The quantitative estimate of drug-likeness (QED) is 0.470. The molecule has 0 saturated carbocycles. The Morgan fingerprint density at radius 2 is 1.43 bits per heavy atom. The van der Waals surface area contributed by atoms with Crippen LogP contribution in [0.1, 0.15) is 20.7 Å². The van der Waals surface area contributed by atoms with E-state index in [1.54, 1.807) is 24.3 Å². The van der Waals surface area contributed by atoms with E-state index in [9.17, 15) is 19.5 Å². The first-order chi connectivity index (χ1) is 14.5. The second-order valence-electron chi connectivity index (χ2n) is 6.17. The molecule has 0 aliphatic heterocycles. The molecule has 0 aromatic heterocycles. The molecule has 3 aromatic rings. The van der Waals surface area contributed by atoms with E-state index in [1.807, 2.05) is 30.3 Å². The topological polar surface area (TPSA) is 117 Å². The second-order valence-corrected chi connectivity index (χ2v) is 6.17. The number of ether oxygens (including phenoxy) is 1. The molecule has 8 nitrogen and oxygen atoms in total. The molecule has 30 heavy (non-hydrogen) atoms. The number of hydrogen-bond donors (Lipinski definition) is 4. The Labute approximate surface area is 172 Å². The van der Waals surface area contributed by atoms with Gasteiger partial charge >= 0.3 is 0 Å². The molecule has 3 amide bonds. The normalized spacial score (nSPS) is 10.0. The number of amides is 3. The Kier molecular flexibility index (Phi) is 6.63. The van der Waals surface area contributed by atoms with Gasteiger partial charge in [-0.15, -0.1) is 0 Å². The number of para-hydroxylation sites is 1. The van der Waals surface area contributed by atoms with Crippen molar-refractivity contribution in [1.29, 1.82) is 0 Å². The van der Waals surface area contributed by atoms with Crippen molar-refractivity contribution in [2.45, 2.75) is 0 Å². The molecule has 0 atom stereocenters. The Morgan fingerprint density at radius 3 is 2.13 bits per heavy atom. The zero-order chi connectivity index (χ0) is 21.3.